The number of nitrogens with one attached hydrogen (secondary N) is 2. The molecular weight excluding hydrogens is 504 g/mol. The number of esters is 1. The molecule has 1 aromatic heterocycles. The summed E-state index contributed by atoms with van der Waals surface area (Å²) in [6.07, 6.45) is 1.28. The van der Waals surface area contributed by atoms with Crippen LogP contribution in [0.3, 0.4) is 0 Å². The molecular formula is C30H35F2N3O4. The van der Waals surface area contributed by atoms with Crippen molar-refractivity contribution in [2.45, 2.75) is 59.1 Å². The first kappa shape index (κ1) is 29.7. The van der Waals surface area contributed by atoms with Gasteiger partial charge in [-0.15, -0.1) is 0 Å². The van der Waals surface area contributed by atoms with E-state index in [1.807, 2.05) is 46.8 Å². The molecule has 3 aromatic rings. The third-order valence-corrected chi connectivity index (χ3v) is 5.96. The van der Waals surface area contributed by atoms with E-state index in [0.717, 1.165) is 17.7 Å². The maximum absolute atomic E-state index is 14.2. The number of rotatable bonds is 10. The quantitative estimate of drug-likeness (QED) is 0.246. The fourth-order valence-electron chi connectivity index (χ4n) is 4.11. The van der Waals surface area contributed by atoms with Crippen molar-refractivity contribution in [2.24, 2.45) is 5.92 Å². The maximum atomic E-state index is 14.2. The van der Waals surface area contributed by atoms with Crippen molar-refractivity contribution in [2.75, 3.05) is 12.3 Å². The van der Waals surface area contributed by atoms with Crippen molar-refractivity contribution in [3.63, 3.8) is 0 Å². The van der Waals surface area contributed by atoms with E-state index in [9.17, 15) is 23.2 Å². The molecule has 1 heterocycles. The average molecular weight is 540 g/mol. The van der Waals surface area contributed by atoms with Crippen LogP contribution < -0.4 is 16.6 Å². The van der Waals surface area contributed by atoms with Gasteiger partial charge in [0.2, 0.25) is 0 Å². The second-order valence-electron chi connectivity index (χ2n) is 10.9. The molecule has 9 heteroatoms. The number of benzene rings is 2. The van der Waals surface area contributed by atoms with E-state index in [4.69, 9.17) is 10.5 Å². The molecule has 0 amide bonds. The molecule has 0 aliphatic heterocycles. The van der Waals surface area contributed by atoms with E-state index < -0.39 is 34.6 Å². The molecule has 2 aromatic carbocycles. The molecule has 0 saturated heterocycles. The lowest BCUT2D eigenvalue weighted by Crippen LogP contribution is -2.42. The van der Waals surface area contributed by atoms with Crippen LogP contribution in [0, 0.1) is 17.6 Å². The van der Waals surface area contributed by atoms with Gasteiger partial charge in [-0.2, -0.15) is 0 Å². The number of anilines is 1. The Hall–Kier alpha value is -3.85. The molecule has 1 atom stereocenters. The molecule has 0 aliphatic rings. The number of carbonyl (C=O) groups excluding carboxylic acids is 2. The molecule has 4 N–H and O–H groups in total. The zero-order chi connectivity index (χ0) is 28.9. The summed E-state index contributed by atoms with van der Waals surface area (Å²) < 4.78 is 33.0. The summed E-state index contributed by atoms with van der Waals surface area (Å²) in [5, 5.41) is 3.29. The van der Waals surface area contributed by atoms with E-state index in [-0.39, 0.29) is 28.5 Å². The van der Waals surface area contributed by atoms with Gasteiger partial charge >= 0.3 is 5.97 Å². The lowest BCUT2D eigenvalue weighted by atomic mass is 9.98. The number of nitrogens with two attached hydrogens (primary N) is 1. The van der Waals surface area contributed by atoms with Crippen LogP contribution in [0.5, 0.6) is 0 Å². The van der Waals surface area contributed by atoms with Crippen LogP contribution in [-0.2, 0) is 16.0 Å². The number of ether oxygens (including phenoxy) is 1. The summed E-state index contributed by atoms with van der Waals surface area (Å²) in [6, 6.07) is 10.7. The topological polar surface area (TPSA) is 114 Å². The average Bonchev–Trinajstić information content (AvgIpc) is 2.82. The van der Waals surface area contributed by atoms with Crippen molar-refractivity contribution in [1.29, 1.82) is 0 Å². The summed E-state index contributed by atoms with van der Waals surface area (Å²) >= 11 is 0. The van der Waals surface area contributed by atoms with E-state index in [1.165, 1.54) is 6.07 Å². The van der Waals surface area contributed by atoms with E-state index >= 15 is 0 Å². The minimum Gasteiger partial charge on any atom is -0.459 e. The molecule has 3 rings (SSSR count). The van der Waals surface area contributed by atoms with Gasteiger partial charge in [-0.25, -0.2) is 8.78 Å². The Morgan fingerprint density at radius 2 is 1.69 bits per heavy atom. The highest BCUT2D eigenvalue weighted by Crippen LogP contribution is 2.23. The number of ketones is 1. The molecule has 0 fully saturated rings. The predicted molar refractivity (Wildman–Crippen MR) is 147 cm³/mol. The Morgan fingerprint density at radius 3 is 2.28 bits per heavy atom. The third-order valence-electron chi connectivity index (χ3n) is 5.96. The summed E-state index contributed by atoms with van der Waals surface area (Å²) in [6.45, 7) is 10.2. The van der Waals surface area contributed by atoms with Gasteiger partial charge in [-0.1, -0.05) is 38.1 Å². The van der Waals surface area contributed by atoms with Gasteiger partial charge in [0.05, 0.1) is 11.1 Å². The minimum absolute atomic E-state index is 0.0956. The molecule has 0 aliphatic carbocycles. The molecule has 208 valence electrons. The smallest absolute Gasteiger partial charge is 0.323 e. The second kappa shape index (κ2) is 12.3. The van der Waals surface area contributed by atoms with Crippen molar-refractivity contribution in [1.82, 2.24) is 10.3 Å². The van der Waals surface area contributed by atoms with E-state index in [2.05, 4.69) is 10.3 Å². The Labute approximate surface area is 226 Å². The minimum atomic E-state index is -1.02. The molecule has 0 bridgehead atoms. The fourth-order valence-corrected chi connectivity index (χ4v) is 4.11. The number of hydrogen-bond acceptors (Lipinski definition) is 6. The van der Waals surface area contributed by atoms with Gasteiger partial charge in [-0.05, 0) is 75.4 Å². The molecule has 0 unspecified atom stereocenters. The van der Waals surface area contributed by atoms with Crippen molar-refractivity contribution in [3.05, 3.63) is 87.2 Å². The van der Waals surface area contributed by atoms with Gasteiger partial charge in [0.25, 0.3) is 5.56 Å². The predicted octanol–water partition coefficient (Wildman–Crippen LogP) is 5.02. The van der Waals surface area contributed by atoms with Gasteiger partial charge in [0.15, 0.2) is 5.78 Å². The molecule has 0 saturated carbocycles. The SMILES string of the molecule is CC(C)C[C@@H](NCCc1ccc(-c2cc(C(=O)c3ccc(F)cc3F)c(N)[nH]c2=O)cc1)C(=O)OC(C)(C)C. The van der Waals surface area contributed by atoms with Crippen LogP contribution in [0.25, 0.3) is 11.1 Å². The highest BCUT2D eigenvalue weighted by Gasteiger charge is 2.25. The first-order valence-corrected chi connectivity index (χ1v) is 12.8. The van der Waals surface area contributed by atoms with Crippen molar-refractivity contribution >= 4 is 17.6 Å². The number of pyridine rings is 1. The van der Waals surface area contributed by atoms with Gasteiger partial charge in [-0.3, -0.25) is 14.4 Å². The summed E-state index contributed by atoms with van der Waals surface area (Å²) in [5.74, 6) is -2.78. The molecule has 0 spiro atoms. The van der Waals surface area contributed by atoms with Crippen LogP contribution in [0.4, 0.5) is 14.6 Å². The van der Waals surface area contributed by atoms with Gasteiger partial charge < -0.3 is 20.8 Å². The number of H-pyrrole nitrogens is 1. The number of aromatic nitrogens is 1. The van der Waals surface area contributed by atoms with Crippen molar-refractivity contribution < 1.29 is 23.1 Å². The molecule has 39 heavy (non-hydrogen) atoms. The first-order valence-electron chi connectivity index (χ1n) is 12.8. The summed E-state index contributed by atoms with van der Waals surface area (Å²) in [5.41, 5.74) is 6.02. The Bertz CT molecular complexity index is 1390. The number of hydrogen-bond donors (Lipinski definition) is 3. The maximum Gasteiger partial charge on any atom is 0.323 e. The van der Waals surface area contributed by atoms with Crippen molar-refractivity contribution in [3.8, 4) is 11.1 Å². The fraction of sp³-hybridized carbons (Fsp3) is 0.367. The van der Waals surface area contributed by atoms with E-state index in [0.29, 0.717) is 36.9 Å². The number of halogens is 2. The molecule has 0 radical (unpaired) electrons. The largest absolute Gasteiger partial charge is 0.459 e. The van der Waals surface area contributed by atoms with Gasteiger partial charge in [0, 0.05) is 11.6 Å². The zero-order valence-corrected chi connectivity index (χ0v) is 22.9. The van der Waals surface area contributed by atoms with E-state index in [1.54, 1.807) is 12.1 Å². The zero-order valence-electron chi connectivity index (χ0n) is 22.9. The lowest BCUT2D eigenvalue weighted by molar-refractivity contribution is -0.157. The van der Waals surface area contributed by atoms with Crippen LogP contribution in [-0.4, -0.2) is 34.9 Å². The molecule has 7 nitrogen and oxygen atoms in total. The normalized spacial score (nSPS) is 12.4. The third kappa shape index (κ3) is 8.07. The number of carbonyl (C=O) groups is 2. The monoisotopic (exact) mass is 539 g/mol. The van der Waals surface area contributed by atoms with Gasteiger partial charge in [0.1, 0.15) is 29.1 Å². The second-order valence-corrected chi connectivity index (χ2v) is 10.9. The lowest BCUT2D eigenvalue weighted by Gasteiger charge is -2.25. The standard InChI is InChI=1S/C30H35F2N3O4/c1-17(2)14-25(29(38)39-30(3,4)5)34-13-12-18-6-8-19(9-7-18)22-16-23(27(33)35-28(22)37)26(36)21-11-10-20(31)15-24(21)32/h6-11,15-17,25,34H,12-14H2,1-5H3,(H3,33,35,37)/t25-/m1/s1. The van der Waals surface area contributed by atoms with Crippen LogP contribution >= 0.6 is 0 Å². The van der Waals surface area contributed by atoms with Crippen LogP contribution in [0.1, 0.15) is 62.5 Å². The number of nitrogen functional groups attached to an aromatic ring is 1. The first-order chi connectivity index (χ1) is 18.2. The Balaban J connectivity index is 1.74. The highest BCUT2D eigenvalue weighted by molar-refractivity contribution is 6.12. The Kier molecular flexibility index (Phi) is 9.40. The van der Waals surface area contributed by atoms with Crippen LogP contribution in [0.15, 0.2) is 53.3 Å². The Morgan fingerprint density at radius 1 is 1.03 bits per heavy atom. The summed E-state index contributed by atoms with van der Waals surface area (Å²) in [4.78, 5) is 40.6. The van der Waals surface area contributed by atoms with Crippen LogP contribution in [0.2, 0.25) is 0 Å². The summed E-state index contributed by atoms with van der Waals surface area (Å²) in [7, 11) is 0. The number of aromatic amines is 1. The highest BCUT2D eigenvalue weighted by atomic mass is 19.1.